The zero-order valence-electron chi connectivity index (χ0n) is 20.5. The minimum atomic E-state index is -1.46. The fourth-order valence-corrected chi connectivity index (χ4v) is 2.31. The van der Waals surface area contributed by atoms with Crippen LogP contribution in [0.2, 0.25) is 0 Å². The molecule has 2 amide bonds. The van der Waals surface area contributed by atoms with Gasteiger partial charge in [0.1, 0.15) is 0 Å². The molecule has 12 nitrogen and oxygen atoms in total. The number of halogens is 5. The molecule has 0 atom stereocenters. The summed E-state index contributed by atoms with van der Waals surface area (Å²) in [5, 5.41) is 8.10. The predicted molar refractivity (Wildman–Crippen MR) is 122 cm³/mol. The fraction of sp³-hybridized carbons (Fsp3) is 0.600. The van der Waals surface area contributed by atoms with Crippen molar-refractivity contribution in [3.63, 3.8) is 0 Å². The third-order valence-corrected chi connectivity index (χ3v) is 3.90. The Morgan fingerprint density at radius 2 is 0.946 bits per heavy atom. The second-order valence-electron chi connectivity index (χ2n) is 7.14. The van der Waals surface area contributed by atoms with Crippen molar-refractivity contribution in [3.05, 3.63) is 30.4 Å². The second kappa shape index (κ2) is 20.6. The highest BCUT2D eigenvalue weighted by atomic mass is 19.2. The standard InChI is InChI=1S/C10H15F2N5O.C7H16N2O.C3F3N3/c1-7(18)13-5-3-2-4-6-14-10-16-8(11)15-9(12)17-10;1-7(10)9-6-4-2-3-5-8;4-1-7-2(5)9-3(6)8-1/h2-6H2,1H3,(H,13,18)(H,14,15,16,17);2-6,8H2,1H3,(H,9,10);. The van der Waals surface area contributed by atoms with Crippen molar-refractivity contribution in [1.82, 2.24) is 40.5 Å². The molecule has 17 heteroatoms. The van der Waals surface area contributed by atoms with Gasteiger partial charge in [-0.1, -0.05) is 6.42 Å². The largest absolute Gasteiger partial charge is 0.356 e. The number of hydrogen-bond donors (Lipinski definition) is 4. The fourth-order valence-electron chi connectivity index (χ4n) is 2.31. The lowest BCUT2D eigenvalue weighted by Crippen LogP contribution is -2.20. The second-order valence-corrected chi connectivity index (χ2v) is 7.14. The van der Waals surface area contributed by atoms with Crippen LogP contribution in [0.1, 0.15) is 52.4 Å². The molecule has 0 aliphatic heterocycles. The molecule has 5 N–H and O–H groups in total. The summed E-state index contributed by atoms with van der Waals surface area (Å²) in [5.41, 5.74) is 5.28. The van der Waals surface area contributed by atoms with Crippen molar-refractivity contribution < 1.29 is 31.5 Å². The van der Waals surface area contributed by atoms with Crippen LogP contribution in [0.4, 0.5) is 27.9 Å². The van der Waals surface area contributed by atoms with Gasteiger partial charge in [0.2, 0.25) is 17.8 Å². The van der Waals surface area contributed by atoms with E-state index in [1.165, 1.54) is 13.8 Å². The molecule has 2 aromatic rings. The average molecular weight is 539 g/mol. The topological polar surface area (TPSA) is 174 Å². The summed E-state index contributed by atoms with van der Waals surface area (Å²) >= 11 is 0. The summed E-state index contributed by atoms with van der Waals surface area (Å²) in [5.74, 6) is -0.112. The van der Waals surface area contributed by atoms with Crippen LogP contribution in [-0.4, -0.2) is 67.9 Å². The Kier molecular flexibility index (Phi) is 18.5. The first kappa shape index (κ1) is 33.4. The summed E-state index contributed by atoms with van der Waals surface area (Å²) in [6.45, 7) is 5.66. The van der Waals surface area contributed by atoms with E-state index in [2.05, 4.69) is 45.9 Å². The van der Waals surface area contributed by atoms with Gasteiger partial charge < -0.3 is 21.7 Å². The Morgan fingerprint density at radius 1 is 0.595 bits per heavy atom. The maximum absolute atomic E-state index is 12.6. The number of anilines is 1. The van der Waals surface area contributed by atoms with E-state index >= 15 is 0 Å². The van der Waals surface area contributed by atoms with Gasteiger partial charge in [0, 0.05) is 33.5 Å². The molecule has 208 valence electrons. The third-order valence-electron chi connectivity index (χ3n) is 3.90. The van der Waals surface area contributed by atoms with Gasteiger partial charge in [0.25, 0.3) is 0 Å². The number of nitrogens with one attached hydrogen (secondary N) is 3. The van der Waals surface area contributed by atoms with E-state index in [0.717, 1.165) is 51.6 Å². The molecule has 2 aromatic heterocycles. The number of amides is 2. The maximum atomic E-state index is 12.6. The number of carbonyl (C=O) groups is 2. The number of unbranched alkanes of at least 4 members (excludes halogenated alkanes) is 4. The molecule has 0 aromatic carbocycles. The van der Waals surface area contributed by atoms with E-state index in [4.69, 9.17) is 5.73 Å². The van der Waals surface area contributed by atoms with Crippen LogP contribution in [0, 0.1) is 30.4 Å². The molecular weight excluding hydrogens is 507 g/mol. The smallest absolute Gasteiger partial charge is 0.316 e. The third kappa shape index (κ3) is 21.4. The first-order valence-corrected chi connectivity index (χ1v) is 11.3. The number of aromatic nitrogens is 6. The van der Waals surface area contributed by atoms with E-state index < -0.39 is 30.4 Å². The van der Waals surface area contributed by atoms with E-state index in [9.17, 15) is 31.5 Å². The quantitative estimate of drug-likeness (QED) is 0.228. The summed E-state index contributed by atoms with van der Waals surface area (Å²) in [4.78, 5) is 37.6. The minimum Gasteiger partial charge on any atom is -0.356 e. The highest BCUT2D eigenvalue weighted by molar-refractivity contribution is 5.72. The SMILES string of the molecule is CC(=O)NCCCCCN.CC(=O)NCCCCCNc1nc(F)nc(F)n1.Fc1nc(F)nc(F)n1. The summed E-state index contributed by atoms with van der Waals surface area (Å²) < 4.78 is 60.3. The Morgan fingerprint density at radius 3 is 1.32 bits per heavy atom. The first-order chi connectivity index (χ1) is 17.5. The van der Waals surface area contributed by atoms with Crippen molar-refractivity contribution in [2.24, 2.45) is 5.73 Å². The highest BCUT2D eigenvalue weighted by Gasteiger charge is 2.04. The molecule has 0 aliphatic rings. The van der Waals surface area contributed by atoms with Gasteiger partial charge in [0.15, 0.2) is 0 Å². The molecule has 0 radical (unpaired) electrons. The van der Waals surface area contributed by atoms with E-state index in [0.29, 0.717) is 13.1 Å². The van der Waals surface area contributed by atoms with Gasteiger partial charge in [-0.3, -0.25) is 9.59 Å². The Hall–Kier alpha value is -3.63. The molecule has 0 aliphatic carbocycles. The molecule has 0 fully saturated rings. The molecule has 0 saturated heterocycles. The molecule has 0 spiro atoms. The maximum Gasteiger partial charge on any atom is 0.316 e. The molecule has 37 heavy (non-hydrogen) atoms. The van der Waals surface area contributed by atoms with Crippen LogP contribution in [0.15, 0.2) is 0 Å². The van der Waals surface area contributed by atoms with Gasteiger partial charge in [0.05, 0.1) is 0 Å². The van der Waals surface area contributed by atoms with E-state index in [1.807, 2.05) is 0 Å². The van der Waals surface area contributed by atoms with Crippen molar-refractivity contribution >= 4 is 17.8 Å². The number of nitrogens with two attached hydrogens (primary N) is 1. The predicted octanol–water partition coefficient (Wildman–Crippen LogP) is 1.41. The lowest BCUT2D eigenvalue weighted by molar-refractivity contribution is -0.119. The number of nitrogens with zero attached hydrogens (tertiary/aromatic N) is 6. The molecule has 0 saturated carbocycles. The van der Waals surface area contributed by atoms with Crippen LogP contribution in [0.5, 0.6) is 0 Å². The number of hydrogen-bond acceptors (Lipinski definition) is 10. The monoisotopic (exact) mass is 538 g/mol. The molecule has 2 heterocycles. The molecule has 0 bridgehead atoms. The zero-order valence-corrected chi connectivity index (χ0v) is 20.5. The average Bonchev–Trinajstić information content (AvgIpc) is 2.77. The summed E-state index contributed by atoms with van der Waals surface area (Å²) in [6, 6.07) is 0. The number of rotatable bonds is 12. The molecular formula is C20H31F5N10O2. The lowest BCUT2D eigenvalue weighted by atomic mass is 10.2. The van der Waals surface area contributed by atoms with Crippen LogP contribution in [0.25, 0.3) is 0 Å². The van der Waals surface area contributed by atoms with Gasteiger partial charge in [-0.25, -0.2) is 0 Å². The number of carbonyl (C=O) groups excluding carboxylic acids is 2. The molecule has 2 rings (SSSR count). The highest BCUT2D eigenvalue weighted by Crippen LogP contribution is 2.01. The van der Waals surface area contributed by atoms with Crippen molar-refractivity contribution in [1.29, 1.82) is 0 Å². The van der Waals surface area contributed by atoms with E-state index in [-0.39, 0.29) is 17.8 Å². The lowest BCUT2D eigenvalue weighted by Gasteiger charge is -2.04. The van der Waals surface area contributed by atoms with Crippen LogP contribution in [0.3, 0.4) is 0 Å². The Labute approximate surface area is 210 Å². The van der Waals surface area contributed by atoms with Crippen molar-refractivity contribution in [3.8, 4) is 0 Å². The van der Waals surface area contributed by atoms with Crippen molar-refractivity contribution in [2.75, 3.05) is 31.5 Å². The Balaban J connectivity index is 0.000000577. The van der Waals surface area contributed by atoms with Crippen LogP contribution in [-0.2, 0) is 9.59 Å². The summed E-state index contributed by atoms with van der Waals surface area (Å²) in [6.07, 6.45) is -0.946. The van der Waals surface area contributed by atoms with Gasteiger partial charge in [-0.05, 0) is 38.6 Å². The summed E-state index contributed by atoms with van der Waals surface area (Å²) in [7, 11) is 0. The van der Waals surface area contributed by atoms with Gasteiger partial charge >= 0.3 is 30.4 Å². The first-order valence-electron chi connectivity index (χ1n) is 11.3. The van der Waals surface area contributed by atoms with Crippen LogP contribution >= 0.6 is 0 Å². The van der Waals surface area contributed by atoms with E-state index in [1.54, 1.807) is 0 Å². The Bertz CT molecular complexity index is 872. The zero-order chi connectivity index (χ0) is 28.1. The van der Waals surface area contributed by atoms with Crippen LogP contribution < -0.4 is 21.7 Å². The van der Waals surface area contributed by atoms with Gasteiger partial charge in [-0.2, -0.15) is 51.9 Å². The van der Waals surface area contributed by atoms with Gasteiger partial charge in [-0.15, -0.1) is 0 Å². The minimum absolute atomic E-state index is 0.0488. The normalized spacial score (nSPS) is 9.84. The molecule has 0 unspecified atom stereocenters. The van der Waals surface area contributed by atoms with Crippen molar-refractivity contribution in [2.45, 2.75) is 52.4 Å².